The second-order valence-corrected chi connectivity index (χ2v) is 5.95. The van der Waals surface area contributed by atoms with Crippen molar-refractivity contribution in [1.29, 1.82) is 0 Å². The van der Waals surface area contributed by atoms with Crippen molar-refractivity contribution in [3.05, 3.63) is 63.5 Å². The maximum Gasteiger partial charge on any atom is 0.363 e. The van der Waals surface area contributed by atoms with Crippen LogP contribution in [0.1, 0.15) is 36.5 Å². The van der Waals surface area contributed by atoms with Crippen molar-refractivity contribution in [2.75, 3.05) is 0 Å². The fourth-order valence-electron chi connectivity index (χ4n) is 2.06. The van der Waals surface area contributed by atoms with Gasteiger partial charge >= 0.3 is 5.97 Å². The molecular formula is C17H15NO2S. The highest BCUT2D eigenvalue weighted by molar-refractivity contribution is 7.08. The van der Waals surface area contributed by atoms with Crippen LogP contribution in [0.2, 0.25) is 0 Å². The first-order chi connectivity index (χ1) is 10.1. The van der Waals surface area contributed by atoms with Crippen LogP contribution in [0.5, 0.6) is 0 Å². The lowest BCUT2D eigenvalue weighted by atomic mass is 10.0. The number of benzene rings is 1. The molecule has 4 heteroatoms. The predicted molar refractivity (Wildman–Crippen MR) is 85.5 cm³/mol. The van der Waals surface area contributed by atoms with E-state index in [1.807, 2.05) is 41.1 Å². The van der Waals surface area contributed by atoms with E-state index in [1.165, 1.54) is 5.56 Å². The van der Waals surface area contributed by atoms with Gasteiger partial charge in [-0.25, -0.2) is 9.79 Å². The quantitative estimate of drug-likeness (QED) is 0.628. The summed E-state index contributed by atoms with van der Waals surface area (Å²) in [7, 11) is 0. The van der Waals surface area contributed by atoms with E-state index in [-0.39, 0.29) is 0 Å². The molecule has 3 nitrogen and oxygen atoms in total. The van der Waals surface area contributed by atoms with Gasteiger partial charge in [0.15, 0.2) is 5.70 Å². The van der Waals surface area contributed by atoms with Crippen molar-refractivity contribution in [3.8, 4) is 0 Å². The molecule has 0 aliphatic carbocycles. The molecule has 0 radical (unpaired) electrons. The van der Waals surface area contributed by atoms with Gasteiger partial charge in [0.25, 0.3) is 0 Å². The Morgan fingerprint density at radius 3 is 2.57 bits per heavy atom. The number of carbonyl (C=O) groups excluding carboxylic acids is 1. The number of hydrogen-bond acceptors (Lipinski definition) is 4. The molecule has 0 saturated heterocycles. The zero-order chi connectivity index (χ0) is 14.8. The standard InChI is InChI=1S/C17H15NO2S/c1-11(2)13-3-5-14(6-4-13)16-18-15(17(19)20-16)9-12-7-8-21-10-12/h3-11H,1-2H3. The van der Waals surface area contributed by atoms with E-state index in [4.69, 9.17) is 4.74 Å². The van der Waals surface area contributed by atoms with Gasteiger partial charge in [-0.05, 0) is 52.1 Å². The first kappa shape index (κ1) is 13.8. The molecule has 1 aromatic carbocycles. The minimum absolute atomic E-state index is 0.344. The second kappa shape index (κ2) is 5.66. The Balaban J connectivity index is 1.88. The van der Waals surface area contributed by atoms with E-state index in [1.54, 1.807) is 17.4 Å². The molecule has 0 amide bonds. The van der Waals surface area contributed by atoms with Gasteiger partial charge in [-0.3, -0.25) is 0 Å². The molecule has 1 aliphatic rings. The van der Waals surface area contributed by atoms with Gasteiger partial charge in [0.2, 0.25) is 5.90 Å². The Labute approximate surface area is 127 Å². The van der Waals surface area contributed by atoms with Crippen molar-refractivity contribution >= 4 is 29.3 Å². The van der Waals surface area contributed by atoms with E-state index in [0.29, 0.717) is 17.5 Å². The zero-order valence-electron chi connectivity index (χ0n) is 11.9. The van der Waals surface area contributed by atoms with Crippen LogP contribution in [0.15, 0.2) is 51.8 Å². The minimum Gasteiger partial charge on any atom is -0.402 e. The molecule has 2 heterocycles. The molecule has 0 atom stereocenters. The number of cyclic esters (lactones) is 1. The SMILES string of the molecule is CC(C)c1ccc(C2=NC(=Cc3ccsc3)C(=O)O2)cc1. The van der Waals surface area contributed by atoms with Crippen LogP contribution in [-0.2, 0) is 9.53 Å². The third-order valence-corrected chi connectivity index (χ3v) is 3.99. The normalized spacial score (nSPS) is 16.4. The van der Waals surface area contributed by atoms with Crippen molar-refractivity contribution in [1.82, 2.24) is 0 Å². The van der Waals surface area contributed by atoms with Crippen molar-refractivity contribution in [2.45, 2.75) is 19.8 Å². The highest BCUT2D eigenvalue weighted by atomic mass is 32.1. The van der Waals surface area contributed by atoms with Gasteiger partial charge in [-0.1, -0.05) is 26.0 Å². The van der Waals surface area contributed by atoms with E-state index < -0.39 is 5.97 Å². The molecule has 1 aromatic heterocycles. The zero-order valence-corrected chi connectivity index (χ0v) is 12.7. The van der Waals surface area contributed by atoms with Crippen LogP contribution in [0.4, 0.5) is 0 Å². The van der Waals surface area contributed by atoms with Gasteiger partial charge in [-0.2, -0.15) is 11.3 Å². The second-order valence-electron chi connectivity index (χ2n) is 5.17. The summed E-state index contributed by atoms with van der Waals surface area (Å²) in [5.74, 6) is 0.446. The first-order valence-electron chi connectivity index (χ1n) is 6.78. The summed E-state index contributed by atoms with van der Waals surface area (Å²) in [6, 6.07) is 9.90. The van der Waals surface area contributed by atoms with Gasteiger partial charge < -0.3 is 4.74 Å². The van der Waals surface area contributed by atoms with E-state index in [9.17, 15) is 4.79 Å². The number of esters is 1. The molecule has 106 valence electrons. The lowest BCUT2D eigenvalue weighted by molar-refractivity contribution is -0.129. The number of thiophene rings is 1. The topological polar surface area (TPSA) is 38.7 Å². The fourth-order valence-corrected chi connectivity index (χ4v) is 2.68. The smallest absolute Gasteiger partial charge is 0.363 e. The Morgan fingerprint density at radius 1 is 1.19 bits per heavy atom. The number of ether oxygens (including phenoxy) is 1. The highest BCUT2D eigenvalue weighted by Crippen LogP contribution is 2.21. The summed E-state index contributed by atoms with van der Waals surface area (Å²) >= 11 is 1.58. The maximum absolute atomic E-state index is 11.9. The van der Waals surface area contributed by atoms with Crippen LogP contribution in [0.3, 0.4) is 0 Å². The number of hydrogen-bond donors (Lipinski definition) is 0. The number of rotatable bonds is 3. The first-order valence-corrected chi connectivity index (χ1v) is 7.73. The van der Waals surface area contributed by atoms with Crippen LogP contribution in [0, 0.1) is 0 Å². The third-order valence-electron chi connectivity index (χ3n) is 3.29. The predicted octanol–water partition coefficient (Wildman–Crippen LogP) is 4.22. The van der Waals surface area contributed by atoms with Gasteiger partial charge in [0, 0.05) is 5.56 Å². The lowest BCUT2D eigenvalue weighted by Gasteiger charge is -2.05. The van der Waals surface area contributed by atoms with E-state index in [0.717, 1.165) is 11.1 Å². The Morgan fingerprint density at radius 2 is 1.95 bits per heavy atom. The third kappa shape index (κ3) is 2.95. The largest absolute Gasteiger partial charge is 0.402 e. The summed E-state index contributed by atoms with van der Waals surface area (Å²) in [6.07, 6.45) is 1.74. The number of carbonyl (C=O) groups is 1. The Hall–Kier alpha value is -2.20. The molecule has 1 aliphatic heterocycles. The van der Waals surface area contributed by atoms with E-state index in [2.05, 4.69) is 18.8 Å². The lowest BCUT2D eigenvalue weighted by Crippen LogP contribution is -2.05. The van der Waals surface area contributed by atoms with Crippen LogP contribution >= 0.6 is 11.3 Å². The molecule has 0 saturated carbocycles. The molecule has 2 aromatic rings. The summed E-state index contributed by atoms with van der Waals surface area (Å²) in [4.78, 5) is 16.2. The molecule has 0 N–H and O–H groups in total. The molecule has 0 bridgehead atoms. The molecule has 21 heavy (non-hydrogen) atoms. The van der Waals surface area contributed by atoms with E-state index >= 15 is 0 Å². The van der Waals surface area contributed by atoms with Crippen molar-refractivity contribution < 1.29 is 9.53 Å². The van der Waals surface area contributed by atoms with Gasteiger partial charge in [0.05, 0.1) is 0 Å². The molecule has 0 unspecified atom stereocenters. The molecule has 0 fully saturated rings. The van der Waals surface area contributed by atoms with Crippen LogP contribution in [-0.4, -0.2) is 11.9 Å². The van der Waals surface area contributed by atoms with Crippen molar-refractivity contribution in [3.63, 3.8) is 0 Å². The van der Waals surface area contributed by atoms with Crippen molar-refractivity contribution in [2.24, 2.45) is 4.99 Å². The Kier molecular flexibility index (Phi) is 3.71. The monoisotopic (exact) mass is 297 g/mol. The van der Waals surface area contributed by atoms with Gasteiger partial charge in [0.1, 0.15) is 0 Å². The summed E-state index contributed by atoms with van der Waals surface area (Å²) in [6.45, 7) is 4.29. The highest BCUT2D eigenvalue weighted by Gasteiger charge is 2.24. The Bertz CT molecular complexity index is 710. The maximum atomic E-state index is 11.9. The van der Waals surface area contributed by atoms with Gasteiger partial charge in [-0.15, -0.1) is 0 Å². The molecule has 3 rings (SSSR count). The average Bonchev–Trinajstić information content (AvgIpc) is 3.10. The summed E-state index contributed by atoms with van der Waals surface area (Å²) in [5, 5.41) is 3.92. The van der Waals surface area contributed by atoms with Crippen LogP contribution < -0.4 is 0 Å². The van der Waals surface area contributed by atoms with Crippen LogP contribution in [0.25, 0.3) is 6.08 Å². The fraction of sp³-hybridized carbons (Fsp3) is 0.176. The average molecular weight is 297 g/mol. The summed E-state index contributed by atoms with van der Waals surface area (Å²) < 4.78 is 5.26. The number of nitrogens with zero attached hydrogens (tertiary/aromatic N) is 1. The molecular weight excluding hydrogens is 282 g/mol. The summed E-state index contributed by atoms with van der Waals surface area (Å²) in [5.41, 5.74) is 3.38. The molecule has 0 spiro atoms. The number of aliphatic imine (C=N–C) groups is 1. The minimum atomic E-state index is -0.399.